The second-order valence-electron chi connectivity index (χ2n) is 6.67. The maximum absolute atomic E-state index is 11.7. The summed E-state index contributed by atoms with van der Waals surface area (Å²) in [5, 5.41) is 0.175. The van der Waals surface area contributed by atoms with Gasteiger partial charge in [-0.05, 0) is 44.8 Å². The average molecular weight is 302 g/mol. The van der Waals surface area contributed by atoms with Gasteiger partial charge in [-0.15, -0.1) is 0 Å². The molecule has 0 bridgehead atoms. The van der Waals surface area contributed by atoms with Crippen LogP contribution >= 0.6 is 0 Å². The molecule has 5 heteroatoms. The molecular weight excluding hydrogens is 272 g/mol. The number of hydrogen-bond donors (Lipinski definition) is 0. The zero-order chi connectivity index (χ0) is 16.0. The monoisotopic (exact) mass is 302 g/mol. The highest BCUT2D eigenvalue weighted by Crippen LogP contribution is 2.36. The molecule has 0 aliphatic heterocycles. The fourth-order valence-corrected chi connectivity index (χ4v) is 2.65. The van der Waals surface area contributed by atoms with Crippen molar-refractivity contribution in [2.45, 2.75) is 65.6 Å². The van der Waals surface area contributed by atoms with Crippen molar-refractivity contribution >= 4 is 20.1 Å². The molecule has 0 aromatic carbocycles. The smallest absolute Gasteiger partial charge is 0.316 e. The molecule has 0 spiro atoms. The summed E-state index contributed by atoms with van der Waals surface area (Å²) in [6.07, 6.45) is 1.21. The quantitative estimate of drug-likeness (QED) is 0.298. The van der Waals surface area contributed by atoms with Gasteiger partial charge in [0.15, 0.2) is 8.32 Å². The summed E-state index contributed by atoms with van der Waals surface area (Å²) in [7, 11) is -1.75. The van der Waals surface area contributed by atoms with Crippen molar-refractivity contribution in [3.63, 3.8) is 0 Å². The van der Waals surface area contributed by atoms with Crippen molar-refractivity contribution in [3.8, 4) is 0 Å². The van der Waals surface area contributed by atoms with E-state index in [4.69, 9.17) is 9.16 Å². The molecule has 0 N–H and O–H groups in total. The number of hydrogen-bond acceptors (Lipinski definition) is 4. The fraction of sp³-hybridized carbons (Fsp3) is 0.867. The van der Waals surface area contributed by atoms with Crippen molar-refractivity contribution in [1.29, 1.82) is 0 Å². The van der Waals surface area contributed by atoms with E-state index in [9.17, 15) is 9.59 Å². The molecule has 118 valence electrons. The lowest BCUT2D eigenvalue weighted by atomic mass is 10.00. The number of esters is 1. The minimum absolute atomic E-state index is 0.129. The normalized spacial score (nSPS) is 13.9. The van der Waals surface area contributed by atoms with Crippen molar-refractivity contribution in [2.75, 3.05) is 13.2 Å². The molecule has 0 heterocycles. The topological polar surface area (TPSA) is 52.6 Å². The van der Waals surface area contributed by atoms with Gasteiger partial charge in [-0.25, -0.2) is 0 Å². The lowest BCUT2D eigenvalue weighted by Gasteiger charge is -2.36. The number of rotatable bonds is 8. The third kappa shape index (κ3) is 6.18. The van der Waals surface area contributed by atoms with Crippen LogP contribution in [0.5, 0.6) is 0 Å². The van der Waals surface area contributed by atoms with Gasteiger partial charge in [0.2, 0.25) is 0 Å². The largest absolute Gasteiger partial charge is 0.465 e. The number of carbonyl (C=O) groups is 2. The average Bonchev–Trinajstić information content (AvgIpc) is 2.26. The van der Waals surface area contributed by atoms with Gasteiger partial charge in [0, 0.05) is 6.61 Å². The van der Waals surface area contributed by atoms with E-state index >= 15 is 0 Å². The van der Waals surface area contributed by atoms with Crippen LogP contribution in [0.25, 0.3) is 0 Å². The van der Waals surface area contributed by atoms with Gasteiger partial charge >= 0.3 is 5.97 Å². The Balaban J connectivity index is 4.27. The molecule has 0 radical (unpaired) electrons. The first kappa shape index (κ1) is 19.3. The Morgan fingerprint density at radius 2 is 1.75 bits per heavy atom. The minimum Gasteiger partial charge on any atom is -0.465 e. The zero-order valence-electron chi connectivity index (χ0n) is 14.0. The molecular formula is C15H30O4Si. The van der Waals surface area contributed by atoms with Crippen LogP contribution in [0.15, 0.2) is 0 Å². The molecule has 0 aliphatic rings. The van der Waals surface area contributed by atoms with Crippen molar-refractivity contribution in [2.24, 2.45) is 5.92 Å². The molecule has 0 saturated heterocycles. The molecule has 0 amide bonds. The summed E-state index contributed by atoms with van der Waals surface area (Å²) in [5.74, 6) is -1.18. The van der Waals surface area contributed by atoms with Gasteiger partial charge in [0.25, 0.3) is 0 Å². The lowest BCUT2D eigenvalue weighted by Crippen LogP contribution is -2.41. The van der Waals surface area contributed by atoms with Crippen LogP contribution in [-0.2, 0) is 18.8 Å². The van der Waals surface area contributed by atoms with Crippen molar-refractivity contribution in [3.05, 3.63) is 0 Å². The highest BCUT2D eigenvalue weighted by molar-refractivity contribution is 6.74. The van der Waals surface area contributed by atoms with Gasteiger partial charge < -0.3 is 9.16 Å². The van der Waals surface area contributed by atoms with Gasteiger partial charge in [-0.1, -0.05) is 20.8 Å². The van der Waals surface area contributed by atoms with Crippen LogP contribution in [0, 0.1) is 5.92 Å². The van der Waals surface area contributed by atoms with E-state index in [-0.39, 0.29) is 10.8 Å². The summed E-state index contributed by atoms with van der Waals surface area (Å²) < 4.78 is 11.0. The van der Waals surface area contributed by atoms with Crippen LogP contribution < -0.4 is 0 Å². The SMILES string of the molecule is CCOC(=O)C(CCCO[Si](C)(C)C(C)(C)C)C(C)=O. The summed E-state index contributed by atoms with van der Waals surface area (Å²) >= 11 is 0. The zero-order valence-corrected chi connectivity index (χ0v) is 15.0. The lowest BCUT2D eigenvalue weighted by molar-refractivity contribution is -0.151. The molecule has 4 nitrogen and oxygen atoms in total. The number of ether oxygens (including phenoxy) is 1. The van der Waals surface area contributed by atoms with Crippen molar-refractivity contribution in [1.82, 2.24) is 0 Å². The van der Waals surface area contributed by atoms with Gasteiger partial charge in [-0.3, -0.25) is 9.59 Å². The Labute approximate surface area is 124 Å². The Bertz CT molecular complexity index is 331. The van der Waals surface area contributed by atoms with E-state index < -0.39 is 20.2 Å². The van der Waals surface area contributed by atoms with E-state index in [2.05, 4.69) is 33.9 Å². The van der Waals surface area contributed by atoms with E-state index in [0.717, 1.165) is 0 Å². The van der Waals surface area contributed by atoms with Crippen LogP contribution in [0.1, 0.15) is 47.5 Å². The van der Waals surface area contributed by atoms with Crippen LogP contribution in [-0.4, -0.2) is 33.3 Å². The van der Waals surface area contributed by atoms with Gasteiger partial charge in [0.05, 0.1) is 6.61 Å². The first-order valence-corrected chi connectivity index (χ1v) is 10.2. The number of Topliss-reactive ketones (excluding diaryl/α,β-unsaturated/α-hetero) is 1. The Morgan fingerprint density at radius 1 is 1.20 bits per heavy atom. The second kappa shape index (κ2) is 7.93. The predicted molar refractivity (Wildman–Crippen MR) is 83.2 cm³/mol. The molecule has 20 heavy (non-hydrogen) atoms. The van der Waals surface area contributed by atoms with Crippen LogP contribution in [0.2, 0.25) is 18.1 Å². The second-order valence-corrected chi connectivity index (χ2v) is 11.5. The molecule has 0 aromatic heterocycles. The van der Waals surface area contributed by atoms with Crippen LogP contribution in [0.3, 0.4) is 0 Å². The number of ketones is 1. The molecule has 0 aromatic rings. The first-order chi connectivity index (χ1) is 9.03. The first-order valence-electron chi connectivity index (χ1n) is 7.34. The third-order valence-electron chi connectivity index (χ3n) is 3.97. The number of carbonyl (C=O) groups excluding carboxylic acids is 2. The fourth-order valence-electron chi connectivity index (χ4n) is 1.56. The van der Waals surface area contributed by atoms with E-state index in [1.807, 2.05) is 0 Å². The Kier molecular flexibility index (Phi) is 7.66. The van der Waals surface area contributed by atoms with E-state index in [1.165, 1.54) is 6.92 Å². The van der Waals surface area contributed by atoms with E-state index in [1.54, 1.807) is 6.92 Å². The Hall–Kier alpha value is -0.683. The highest BCUT2D eigenvalue weighted by atomic mass is 28.4. The molecule has 1 unspecified atom stereocenters. The van der Waals surface area contributed by atoms with Crippen LogP contribution in [0.4, 0.5) is 0 Å². The maximum Gasteiger partial charge on any atom is 0.316 e. The molecule has 0 aliphatic carbocycles. The molecule has 0 saturated carbocycles. The van der Waals surface area contributed by atoms with Gasteiger partial charge in [0.1, 0.15) is 11.7 Å². The van der Waals surface area contributed by atoms with Crippen molar-refractivity contribution < 1.29 is 18.8 Å². The predicted octanol–water partition coefficient (Wildman–Crippen LogP) is 3.56. The standard InChI is InChI=1S/C15H30O4Si/c1-8-18-14(17)13(12(2)16)10-9-11-19-20(6,7)15(3,4)5/h13H,8-11H2,1-7H3. The van der Waals surface area contributed by atoms with E-state index in [0.29, 0.717) is 26.1 Å². The van der Waals surface area contributed by atoms with Gasteiger partial charge in [-0.2, -0.15) is 0 Å². The summed E-state index contributed by atoms with van der Waals surface area (Å²) in [6.45, 7) is 15.1. The third-order valence-corrected chi connectivity index (χ3v) is 8.51. The highest BCUT2D eigenvalue weighted by Gasteiger charge is 2.37. The summed E-state index contributed by atoms with van der Waals surface area (Å²) in [5.41, 5.74) is 0. The Morgan fingerprint density at radius 3 is 2.15 bits per heavy atom. The summed E-state index contributed by atoms with van der Waals surface area (Å²) in [6, 6.07) is 0. The molecule has 0 fully saturated rings. The molecule has 1 atom stereocenters. The minimum atomic E-state index is -1.75. The summed E-state index contributed by atoms with van der Waals surface area (Å²) in [4.78, 5) is 23.1. The maximum atomic E-state index is 11.7. The molecule has 0 rings (SSSR count).